The molecule has 1 aliphatic carbocycles. The van der Waals surface area contributed by atoms with Crippen molar-refractivity contribution in [1.29, 1.82) is 0 Å². The van der Waals surface area contributed by atoms with Crippen molar-refractivity contribution in [3.05, 3.63) is 23.7 Å². The molecule has 0 radical (unpaired) electrons. The van der Waals surface area contributed by atoms with Gasteiger partial charge in [-0.3, -0.25) is 4.79 Å². The van der Waals surface area contributed by atoms with Crippen molar-refractivity contribution >= 4 is 17.1 Å². The highest BCUT2D eigenvalue weighted by molar-refractivity contribution is 6.04. The largest absolute Gasteiger partial charge is 0.396 e. The van der Waals surface area contributed by atoms with Crippen molar-refractivity contribution in [3.8, 4) is 0 Å². The predicted molar refractivity (Wildman–Crippen MR) is 74.4 cm³/mol. The average Bonchev–Trinajstić information content (AvgIpc) is 3.23. The van der Waals surface area contributed by atoms with E-state index in [0.29, 0.717) is 29.2 Å². The second-order valence-corrected chi connectivity index (χ2v) is 5.47. The number of H-pyrrole nitrogens is 1. The lowest BCUT2D eigenvalue weighted by Gasteiger charge is -2.08. The zero-order valence-corrected chi connectivity index (χ0v) is 11.4. The predicted octanol–water partition coefficient (Wildman–Crippen LogP) is 1.19. The minimum Gasteiger partial charge on any atom is -0.396 e. The molecular weight excluding hydrogens is 256 g/mol. The van der Waals surface area contributed by atoms with Gasteiger partial charge in [0.25, 0.3) is 5.91 Å². The van der Waals surface area contributed by atoms with Crippen molar-refractivity contribution in [2.24, 2.45) is 5.92 Å². The molecule has 6 nitrogen and oxygen atoms in total. The number of carbonyl (C=O) groups excluding carboxylic acids is 1. The summed E-state index contributed by atoms with van der Waals surface area (Å²) in [5, 5.41) is 11.8. The van der Waals surface area contributed by atoms with E-state index in [0.717, 1.165) is 18.5 Å². The number of hydrogen-bond donors (Lipinski definition) is 3. The number of fused-ring (bicyclic) bond motifs is 1. The second-order valence-electron chi connectivity index (χ2n) is 5.47. The van der Waals surface area contributed by atoms with E-state index in [1.807, 2.05) is 6.92 Å². The van der Waals surface area contributed by atoms with Gasteiger partial charge in [-0.1, -0.05) is 6.92 Å². The highest BCUT2D eigenvalue weighted by atomic mass is 16.3. The van der Waals surface area contributed by atoms with Crippen molar-refractivity contribution in [2.45, 2.75) is 25.7 Å². The van der Waals surface area contributed by atoms with E-state index in [9.17, 15) is 4.79 Å². The summed E-state index contributed by atoms with van der Waals surface area (Å²) in [6, 6.07) is 0. The first kappa shape index (κ1) is 13.1. The summed E-state index contributed by atoms with van der Waals surface area (Å²) in [5.74, 6) is 0.364. The lowest BCUT2D eigenvalue weighted by Crippen LogP contribution is -2.29. The van der Waals surface area contributed by atoms with Crippen LogP contribution < -0.4 is 5.32 Å². The van der Waals surface area contributed by atoms with Gasteiger partial charge in [-0.15, -0.1) is 0 Å². The van der Waals surface area contributed by atoms with Gasteiger partial charge in [-0.05, 0) is 18.8 Å². The summed E-state index contributed by atoms with van der Waals surface area (Å²) in [5.41, 5.74) is 2.74. The van der Waals surface area contributed by atoms with Crippen LogP contribution in [0.5, 0.6) is 0 Å². The third-order valence-corrected chi connectivity index (χ3v) is 3.56. The molecule has 1 saturated carbocycles. The Morgan fingerprint density at radius 1 is 1.60 bits per heavy atom. The maximum atomic E-state index is 12.2. The molecule has 6 heteroatoms. The summed E-state index contributed by atoms with van der Waals surface area (Å²) >= 11 is 0. The minimum atomic E-state index is -0.182. The summed E-state index contributed by atoms with van der Waals surface area (Å²) in [6.07, 6.45) is 5.73. The van der Waals surface area contributed by atoms with Crippen LogP contribution >= 0.6 is 0 Å². The molecule has 1 amide bonds. The van der Waals surface area contributed by atoms with Crippen LogP contribution in [-0.4, -0.2) is 39.1 Å². The van der Waals surface area contributed by atoms with Crippen molar-refractivity contribution < 1.29 is 9.90 Å². The van der Waals surface area contributed by atoms with Crippen molar-refractivity contribution in [1.82, 2.24) is 20.3 Å². The molecule has 1 fully saturated rings. The fourth-order valence-corrected chi connectivity index (χ4v) is 2.08. The molecule has 1 atom stereocenters. The molecule has 0 aromatic carbocycles. The van der Waals surface area contributed by atoms with Crippen LogP contribution in [0.3, 0.4) is 0 Å². The molecular formula is C14H18N4O2. The van der Waals surface area contributed by atoms with Crippen LogP contribution in [0.1, 0.15) is 41.7 Å². The smallest absolute Gasteiger partial charge is 0.255 e. The van der Waals surface area contributed by atoms with Crippen LogP contribution in [0, 0.1) is 5.92 Å². The topological polar surface area (TPSA) is 90.9 Å². The van der Waals surface area contributed by atoms with Gasteiger partial charge < -0.3 is 15.4 Å². The van der Waals surface area contributed by atoms with Crippen molar-refractivity contribution in [2.75, 3.05) is 13.2 Å². The number of amides is 1. The Labute approximate surface area is 116 Å². The minimum absolute atomic E-state index is 0.0391. The number of nitrogens with zero attached hydrogens (tertiary/aromatic N) is 2. The molecule has 0 aliphatic heterocycles. The fraction of sp³-hybridized carbons (Fsp3) is 0.500. The number of aliphatic hydroxyl groups excluding tert-OH is 1. The SMILES string of the molecule is CC(CO)CNC(=O)c1c[nH]c2ncc(C3CC3)nc12. The summed E-state index contributed by atoms with van der Waals surface area (Å²) < 4.78 is 0. The van der Waals surface area contributed by atoms with Gasteiger partial charge in [0.05, 0.1) is 17.5 Å². The van der Waals surface area contributed by atoms with Gasteiger partial charge >= 0.3 is 0 Å². The van der Waals surface area contributed by atoms with E-state index in [2.05, 4.69) is 20.3 Å². The standard InChI is InChI=1S/C14H18N4O2/c1-8(7-19)4-17-14(20)10-5-15-13-12(10)18-11(6-16-13)9-2-3-9/h5-6,8-9,19H,2-4,7H2,1H3,(H,15,16)(H,17,20). The number of aliphatic hydroxyl groups is 1. The molecule has 0 bridgehead atoms. The van der Waals surface area contributed by atoms with Crippen LogP contribution in [0.25, 0.3) is 11.2 Å². The molecule has 2 aromatic heterocycles. The average molecular weight is 274 g/mol. The fourth-order valence-electron chi connectivity index (χ4n) is 2.08. The molecule has 106 valence electrons. The second kappa shape index (κ2) is 5.20. The number of rotatable bonds is 5. The molecule has 2 aromatic rings. The summed E-state index contributed by atoms with van der Waals surface area (Å²) in [7, 11) is 0. The Balaban J connectivity index is 1.83. The lowest BCUT2D eigenvalue weighted by molar-refractivity contribution is 0.0944. The molecule has 3 rings (SSSR count). The van der Waals surface area contributed by atoms with Crippen LogP contribution in [0.2, 0.25) is 0 Å². The Bertz CT molecular complexity index is 633. The third kappa shape index (κ3) is 2.51. The number of carbonyl (C=O) groups is 1. The maximum Gasteiger partial charge on any atom is 0.255 e. The molecule has 1 aliphatic rings. The van der Waals surface area contributed by atoms with E-state index < -0.39 is 0 Å². The first-order valence-corrected chi connectivity index (χ1v) is 6.92. The zero-order valence-electron chi connectivity index (χ0n) is 11.4. The zero-order chi connectivity index (χ0) is 14.1. The van der Waals surface area contributed by atoms with Crippen LogP contribution in [0.15, 0.2) is 12.4 Å². The highest BCUT2D eigenvalue weighted by Gasteiger charge is 2.26. The van der Waals surface area contributed by atoms with E-state index in [-0.39, 0.29) is 18.4 Å². The Morgan fingerprint density at radius 3 is 3.10 bits per heavy atom. The molecule has 20 heavy (non-hydrogen) atoms. The van der Waals surface area contributed by atoms with Gasteiger partial charge in [0.2, 0.25) is 0 Å². The Kier molecular flexibility index (Phi) is 3.40. The molecule has 2 heterocycles. The molecule has 1 unspecified atom stereocenters. The van der Waals surface area contributed by atoms with E-state index in [1.54, 1.807) is 12.4 Å². The van der Waals surface area contributed by atoms with Gasteiger partial charge in [0, 0.05) is 25.3 Å². The van der Waals surface area contributed by atoms with E-state index in [4.69, 9.17) is 5.11 Å². The first-order chi connectivity index (χ1) is 9.69. The third-order valence-electron chi connectivity index (χ3n) is 3.56. The van der Waals surface area contributed by atoms with Crippen LogP contribution in [0.4, 0.5) is 0 Å². The Hall–Kier alpha value is -1.95. The maximum absolute atomic E-state index is 12.2. The van der Waals surface area contributed by atoms with E-state index in [1.165, 1.54) is 0 Å². The van der Waals surface area contributed by atoms with Gasteiger partial charge in [-0.25, -0.2) is 9.97 Å². The Morgan fingerprint density at radius 2 is 2.40 bits per heavy atom. The van der Waals surface area contributed by atoms with Crippen LogP contribution in [-0.2, 0) is 0 Å². The normalized spacial score (nSPS) is 16.3. The quantitative estimate of drug-likeness (QED) is 0.764. The van der Waals surface area contributed by atoms with Crippen molar-refractivity contribution in [3.63, 3.8) is 0 Å². The molecule has 0 saturated heterocycles. The first-order valence-electron chi connectivity index (χ1n) is 6.92. The lowest BCUT2D eigenvalue weighted by atomic mass is 10.2. The number of aromatic amines is 1. The molecule has 0 spiro atoms. The monoisotopic (exact) mass is 274 g/mol. The highest BCUT2D eigenvalue weighted by Crippen LogP contribution is 2.39. The number of aromatic nitrogens is 3. The summed E-state index contributed by atoms with van der Waals surface area (Å²) in [6.45, 7) is 2.37. The van der Waals surface area contributed by atoms with Gasteiger partial charge in [-0.2, -0.15) is 0 Å². The summed E-state index contributed by atoms with van der Waals surface area (Å²) in [4.78, 5) is 24.0. The van der Waals surface area contributed by atoms with Gasteiger partial charge in [0.15, 0.2) is 5.65 Å². The number of hydrogen-bond acceptors (Lipinski definition) is 4. The molecule has 3 N–H and O–H groups in total. The van der Waals surface area contributed by atoms with E-state index >= 15 is 0 Å². The number of nitrogens with one attached hydrogen (secondary N) is 2. The van der Waals surface area contributed by atoms with Gasteiger partial charge in [0.1, 0.15) is 5.52 Å².